The molecule has 40 heavy (non-hydrogen) atoms. The summed E-state index contributed by atoms with van der Waals surface area (Å²) < 4.78 is 23.5. The van der Waals surface area contributed by atoms with Crippen molar-refractivity contribution in [2.45, 2.75) is 0 Å². The molecule has 2 aliphatic heterocycles. The van der Waals surface area contributed by atoms with Crippen molar-refractivity contribution in [2.24, 2.45) is 0 Å². The highest BCUT2D eigenvalue weighted by molar-refractivity contribution is 6.65. The van der Waals surface area contributed by atoms with E-state index in [-0.39, 0.29) is 14.2 Å². The minimum absolute atomic E-state index is 0.311. The van der Waals surface area contributed by atoms with E-state index >= 15 is 0 Å². The lowest BCUT2D eigenvalue weighted by atomic mass is 9.74. The van der Waals surface area contributed by atoms with Gasteiger partial charge in [0.25, 0.3) is 0 Å². The minimum Gasteiger partial charge on any atom is -0.405 e. The third-order valence-electron chi connectivity index (χ3n) is 8.17. The van der Waals surface area contributed by atoms with Gasteiger partial charge in [0.15, 0.2) is 0 Å². The standard InChI is InChI=1S/C34H26B2O4/c1-2-8-24-23(7-1)27(29-15-17-33(35-37-19-20-38-35)31-11-5-3-9-25(29)31)13-14-28(24)30-16-18-34(36-39-21-22-40-36)32-12-6-4-10-26(30)32/h1-18H,19-22H2. The summed E-state index contributed by atoms with van der Waals surface area (Å²) in [5.41, 5.74) is 7.00. The van der Waals surface area contributed by atoms with E-state index in [0.717, 1.165) is 21.7 Å². The van der Waals surface area contributed by atoms with Crippen molar-refractivity contribution < 1.29 is 18.6 Å². The summed E-state index contributed by atoms with van der Waals surface area (Å²) in [4.78, 5) is 0. The molecule has 0 atom stereocenters. The lowest BCUT2D eigenvalue weighted by Crippen LogP contribution is -2.32. The van der Waals surface area contributed by atoms with E-state index in [9.17, 15) is 0 Å². The Morgan fingerprint density at radius 1 is 0.325 bits per heavy atom. The van der Waals surface area contributed by atoms with Crippen LogP contribution >= 0.6 is 0 Å². The van der Waals surface area contributed by atoms with Crippen molar-refractivity contribution in [3.63, 3.8) is 0 Å². The van der Waals surface area contributed by atoms with Crippen molar-refractivity contribution in [2.75, 3.05) is 26.4 Å². The molecule has 2 saturated heterocycles. The Morgan fingerprint density at radius 2 is 0.600 bits per heavy atom. The van der Waals surface area contributed by atoms with Crippen LogP contribution in [0.25, 0.3) is 54.6 Å². The molecule has 2 fully saturated rings. The van der Waals surface area contributed by atoms with Crippen LogP contribution in [0, 0.1) is 0 Å². The van der Waals surface area contributed by atoms with Gasteiger partial charge in [0.1, 0.15) is 0 Å². The number of hydrogen-bond donors (Lipinski definition) is 0. The van der Waals surface area contributed by atoms with Crippen LogP contribution in [0.1, 0.15) is 0 Å². The molecule has 8 rings (SSSR count). The maximum Gasteiger partial charge on any atom is 0.494 e. The molecule has 6 aromatic rings. The topological polar surface area (TPSA) is 36.9 Å². The molecule has 0 amide bonds. The lowest BCUT2D eigenvalue weighted by molar-refractivity contribution is 0.365. The van der Waals surface area contributed by atoms with E-state index < -0.39 is 0 Å². The Labute approximate surface area is 233 Å². The highest BCUT2D eigenvalue weighted by Crippen LogP contribution is 2.40. The van der Waals surface area contributed by atoms with Crippen LogP contribution in [0.15, 0.2) is 109 Å². The van der Waals surface area contributed by atoms with Crippen LogP contribution in [-0.4, -0.2) is 40.7 Å². The molecule has 192 valence electrons. The molecule has 0 aromatic heterocycles. The predicted molar refractivity (Wildman–Crippen MR) is 164 cm³/mol. The highest BCUT2D eigenvalue weighted by Gasteiger charge is 2.30. The molecule has 0 radical (unpaired) electrons. The quantitative estimate of drug-likeness (QED) is 0.269. The van der Waals surface area contributed by atoms with Gasteiger partial charge in [-0.05, 0) is 65.5 Å². The van der Waals surface area contributed by atoms with E-state index in [2.05, 4.69) is 109 Å². The van der Waals surface area contributed by atoms with E-state index in [1.54, 1.807) is 0 Å². The second-order valence-electron chi connectivity index (χ2n) is 10.3. The van der Waals surface area contributed by atoms with E-state index in [0.29, 0.717) is 26.4 Å². The normalized spacial score (nSPS) is 15.6. The zero-order valence-electron chi connectivity index (χ0n) is 22.0. The largest absolute Gasteiger partial charge is 0.494 e. The van der Waals surface area contributed by atoms with Gasteiger partial charge in [0, 0.05) is 0 Å². The van der Waals surface area contributed by atoms with E-state index in [4.69, 9.17) is 18.6 Å². The maximum absolute atomic E-state index is 5.87. The van der Waals surface area contributed by atoms with Gasteiger partial charge >= 0.3 is 14.2 Å². The van der Waals surface area contributed by atoms with Gasteiger partial charge < -0.3 is 18.6 Å². The highest BCUT2D eigenvalue weighted by atomic mass is 16.6. The van der Waals surface area contributed by atoms with Crippen LogP contribution < -0.4 is 10.9 Å². The Morgan fingerprint density at radius 3 is 0.950 bits per heavy atom. The fourth-order valence-corrected chi connectivity index (χ4v) is 6.37. The third kappa shape index (κ3) is 3.87. The second kappa shape index (κ2) is 9.92. The van der Waals surface area contributed by atoms with Crippen molar-refractivity contribution >= 4 is 57.5 Å². The van der Waals surface area contributed by atoms with Gasteiger partial charge in [-0.1, -0.05) is 109 Å². The molecule has 0 unspecified atom stereocenters. The lowest BCUT2D eigenvalue weighted by Gasteiger charge is -2.18. The second-order valence-corrected chi connectivity index (χ2v) is 10.3. The summed E-state index contributed by atoms with van der Waals surface area (Å²) in [7, 11) is -0.622. The summed E-state index contributed by atoms with van der Waals surface area (Å²) >= 11 is 0. The van der Waals surface area contributed by atoms with E-state index in [1.807, 2.05) is 0 Å². The molecule has 2 heterocycles. The summed E-state index contributed by atoms with van der Waals surface area (Å²) in [6.45, 7) is 2.51. The minimum atomic E-state index is -0.311. The van der Waals surface area contributed by atoms with E-state index in [1.165, 1.54) is 43.8 Å². The molecule has 0 aliphatic carbocycles. The van der Waals surface area contributed by atoms with Gasteiger partial charge in [-0.15, -0.1) is 0 Å². The smallest absolute Gasteiger partial charge is 0.405 e. The Bertz CT molecular complexity index is 1750. The maximum atomic E-state index is 5.87. The first-order valence-corrected chi connectivity index (χ1v) is 13.9. The average Bonchev–Trinajstić information content (AvgIpc) is 3.75. The molecule has 6 heteroatoms. The first kappa shape index (κ1) is 23.9. The fraction of sp³-hybridized carbons (Fsp3) is 0.118. The molecule has 0 spiro atoms. The van der Waals surface area contributed by atoms with Crippen molar-refractivity contribution in [1.29, 1.82) is 0 Å². The van der Waals surface area contributed by atoms with Gasteiger partial charge in [-0.3, -0.25) is 0 Å². The molecule has 0 N–H and O–H groups in total. The molecule has 6 aromatic carbocycles. The monoisotopic (exact) mass is 520 g/mol. The Kier molecular flexibility index (Phi) is 5.93. The van der Waals surface area contributed by atoms with Crippen LogP contribution in [0.5, 0.6) is 0 Å². The molecular weight excluding hydrogens is 494 g/mol. The number of rotatable bonds is 4. The van der Waals surface area contributed by atoms with Gasteiger partial charge in [0.2, 0.25) is 0 Å². The third-order valence-corrected chi connectivity index (χ3v) is 8.17. The van der Waals surface area contributed by atoms with Gasteiger partial charge in [-0.25, -0.2) is 0 Å². The van der Waals surface area contributed by atoms with Gasteiger partial charge in [-0.2, -0.15) is 0 Å². The number of benzene rings is 6. The first-order valence-electron chi connectivity index (χ1n) is 13.9. The molecule has 4 nitrogen and oxygen atoms in total. The summed E-state index contributed by atoms with van der Waals surface area (Å²) in [6.07, 6.45) is 0. The Hall–Kier alpha value is -3.93. The van der Waals surface area contributed by atoms with Crippen molar-refractivity contribution in [3.05, 3.63) is 109 Å². The zero-order valence-corrected chi connectivity index (χ0v) is 22.0. The number of fused-ring (bicyclic) bond motifs is 3. The van der Waals surface area contributed by atoms with Crippen molar-refractivity contribution in [3.8, 4) is 22.3 Å². The first-order chi connectivity index (χ1) is 19.9. The van der Waals surface area contributed by atoms with Crippen LogP contribution in [0.3, 0.4) is 0 Å². The molecule has 0 bridgehead atoms. The molecule has 0 saturated carbocycles. The van der Waals surface area contributed by atoms with Crippen LogP contribution in [0.4, 0.5) is 0 Å². The summed E-state index contributed by atoms with van der Waals surface area (Å²) in [5, 5.41) is 7.17. The van der Waals surface area contributed by atoms with Crippen LogP contribution in [0.2, 0.25) is 0 Å². The average molecular weight is 520 g/mol. The van der Waals surface area contributed by atoms with Crippen molar-refractivity contribution in [1.82, 2.24) is 0 Å². The number of hydrogen-bond acceptors (Lipinski definition) is 4. The van der Waals surface area contributed by atoms with Crippen LogP contribution in [-0.2, 0) is 18.6 Å². The SMILES string of the molecule is c1ccc2c(-c3ccc(-c4ccc(B5OCCO5)c5ccccc45)c4ccccc34)ccc(B3OCCO3)c2c1. The predicted octanol–water partition coefficient (Wildman–Crippen LogP) is 5.96. The summed E-state index contributed by atoms with van der Waals surface area (Å²) in [6, 6.07) is 39.1. The van der Waals surface area contributed by atoms with Gasteiger partial charge in [0.05, 0.1) is 26.4 Å². The summed E-state index contributed by atoms with van der Waals surface area (Å²) in [5.74, 6) is 0. The fourth-order valence-electron chi connectivity index (χ4n) is 6.37. The molecule has 2 aliphatic rings. The Balaban J connectivity index is 1.32. The zero-order chi connectivity index (χ0) is 26.5. The molecular formula is C34H26B2O4.